The summed E-state index contributed by atoms with van der Waals surface area (Å²) < 4.78 is 6.17. The van der Waals surface area contributed by atoms with Crippen molar-refractivity contribution in [1.82, 2.24) is 9.80 Å². The smallest absolute Gasteiger partial charge is 0.226 e. The highest BCUT2D eigenvalue weighted by Gasteiger charge is 2.33. The Morgan fingerprint density at radius 3 is 2.52 bits per heavy atom. The van der Waals surface area contributed by atoms with Gasteiger partial charge in [-0.25, -0.2) is 0 Å². The van der Waals surface area contributed by atoms with E-state index in [0.29, 0.717) is 13.0 Å². The molecule has 136 valence electrons. The first-order valence-corrected chi connectivity index (χ1v) is 9.20. The molecule has 0 saturated carbocycles. The minimum atomic E-state index is -0.139. The Kier molecular flexibility index (Phi) is 5.30. The van der Waals surface area contributed by atoms with E-state index in [1.54, 1.807) is 11.9 Å². The molecule has 5 nitrogen and oxygen atoms in total. The number of carbonyl (C=O) groups is 2. The van der Waals surface area contributed by atoms with Gasteiger partial charge in [-0.1, -0.05) is 12.1 Å². The highest BCUT2D eigenvalue weighted by atomic mass is 16.5. The molecule has 2 aliphatic heterocycles. The molecule has 2 saturated heterocycles. The van der Waals surface area contributed by atoms with Crippen LogP contribution in [0.5, 0.6) is 5.75 Å². The number of nitrogens with zero attached hydrogens (tertiary/aromatic N) is 2. The first kappa shape index (κ1) is 17.8. The highest BCUT2D eigenvalue weighted by molar-refractivity contribution is 5.86. The number of carbonyl (C=O) groups excluding carboxylic acids is 2. The second-order valence-corrected chi connectivity index (χ2v) is 7.42. The summed E-state index contributed by atoms with van der Waals surface area (Å²) in [5.41, 5.74) is 2.34. The molecule has 2 aliphatic rings. The molecular formula is C20H28N2O3. The van der Waals surface area contributed by atoms with Crippen LogP contribution in [0.15, 0.2) is 18.2 Å². The van der Waals surface area contributed by atoms with Gasteiger partial charge < -0.3 is 14.5 Å². The van der Waals surface area contributed by atoms with Gasteiger partial charge in [-0.3, -0.25) is 9.59 Å². The minimum Gasteiger partial charge on any atom is -0.490 e. The topological polar surface area (TPSA) is 49.9 Å². The monoisotopic (exact) mass is 344 g/mol. The van der Waals surface area contributed by atoms with Crippen LogP contribution >= 0.6 is 0 Å². The lowest BCUT2D eigenvalue weighted by molar-refractivity contribution is -0.145. The molecule has 0 radical (unpaired) electrons. The van der Waals surface area contributed by atoms with Gasteiger partial charge in [0.05, 0.1) is 0 Å². The average molecular weight is 344 g/mol. The number of rotatable bonds is 3. The molecule has 2 fully saturated rings. The lowest BCUT2D eigenvalue weighted by Gasteiger charge is -2.36. The van der Waals surface area contributed by atoms with Gasteiger partial charge in [0.25, 0.3) is 0 Å². The molecule has 5 heteroatoms. The van der Waals surface area contributed by atoms with Crippen molar-refractivity contribution in [2.45, 2.75) is 45.6 Å². The summed E-state index contributed by atoms with van der Waals surface area (Å²) >= 11 is 0. The van der Waals surface area contributed by atoms with Gasteiger partial charge in [0.1, 0.15) is 11.9 Å². The molecule has 0 aliphatic carbocycles. The van der Waals surface area contributed by atoms with E-state index in [0.717, 1.165) is 43.7 Å². The van der Waals surface area contributed by atoms with Gasteiger partial charge in [0.15, 0.2) is 0 Å². The van der Waals surface area contributed by atoms with E-state index in [1.807, 2.05) is 4.90 Å². The molecule has 1 aromatic carbocycles. The Morgan fingerprint density at radius 2 is 1.84 bits per heavy atom. The molecule has 0 aromatic heterocycles. The number of hydrogen-bond acceptors (Lipinski definition) is 3. The van der Waals surface area contributed by atoms with E-state index in [4.69, 9.17) is 4.74 Å². The zero-order chi connectivity index (χ0) is 18.0. The van der Waals surface area contributed by atoms with Crippen LogP contribution < -0.4 is 4.74 Å². The fourth-order valence-electron chi connectivity index (χ4n) is 3.62. The first-order chi connectivity index (χ1) is 11.9. The maximum Gasteiger partial charge on any atom is 0.226 e. The predicted molar refractivity (Wildman–Crippen MR) is 96.5 cm³/mol. The Morgan fingerprint density at radius 1 is 1.12 bits per heavy atom. The lowest BCUT2D eigenvalue weighted by atomic mass is 9.94. The van der Waals surface area contributed by atoms with Crippen LogP contribution in [0.2, 0.25) is 0 Å². The van der Waals surface area contributed by atoms with Gasteiger partial charge in [-0.15, -0.1) is 0 Å². The molecule has 1 atom stereocenters. The van der Waals surface area contributed by atoms with Crippen molar-refractivity contribution in [1.29, 1.82) is 0 Å². The summed E-state index contributed by atoms with van der Waals surface area (Å²) in [4.78, 5) is 28.2. The Labute approximate surface area is 149 Å². The third-order valence-corrected chi connectivity index (χ3v) is 5.40. The van der Waals surface area contributed by atoms with E-state index < -0.39 is 0 Å². The standard InChI is InChI=1S/C20H28N2O3/c1-14-4-5-15(2)18(12-14)25-17-7-10-22(11-8-17)20(24)16-6-9-21(3)19(23)13-16/h4-5,12,16-17H,6-11,13H2,1-3H3. The van der Waals surface area contributed by atoms with Crippen LogP contribution in [0.4, 0.5) is 0 Å². The first-order valence-electron chi connectivity index (χ1n) is 9.20. The lowest BCUT2D eigenvalue weighted by Crippen LogP contribution is -2.47. The second kappa shape index (κ2) is 7.46. The average Bonchev–Trinajstić information content (AvgIpc) is 2.60. The van der Waals surface area contributed by atoms with E-state index in [2.05, 4.69) is 32.0 Å². The van der Waals surface area contributed by atoms with Gasteiger partial charge in [-0.05, 0) is 37.5 Å². The quantitative estimate of drug-likeness (QED) is 0.847. The zero-order valence-electron chi connectivity index (χ0n) is 15.5. The van der Waals surface area contributed by atoms with Crippen LogP contribution in [0.25, 0.3) is 0 Å². The Balaban J connectivity index is 1.52. The molecule has 0 bridgehead atoms. The maximum atomic E-state index is 12.7. The summed E-state index contributed by atoms with van der Waals surface area (Å²) in [6.07, 6.45) is 2.98. The fourth-order valence-corrected chi connectivity index (χ4v) is 3.62. The molecule has 3 rings (SSSR count). The van der Waals surface area contributed by atoms with Crippen LogP contribution in [-0.4, -0.2) is 54.4 Å². The van der Waals surface area contributed by atoms with E-state index in [-0.39, 0.29) is 23.8 Å². The third kappa shape index (κ3) is 4.14. The number of hydrogen-bond donors (Lipinski definition) is 0. The molecule has 1 aromatic rings. The molecule has 2 amide bonds. The number of piperidine rings is 2. The van der Waals surface area contributed by atoms with Crippen molar-refractivity contribution >= 4 is 11.8 Å². The predicted octanol–water partition coefficient (Wildman–Crippen LogP) is 2.54. The maximum absolute atomic E-state index is 12.7. The van der Waals surface area contributed by atoms with Crippen molar-refractivity contribution in [3.63, 3.8) is 0 Å². The summed E-state index contributed by atoms with van der Waals surface area (Å²) in [5.74, 6) is 1.04. The zero-order valence-corrected chi connectivity index (χ0v) is 15.5. The normalized spacial score (nSPS) is 22.2. The van der Waals surface area contributed by atoms with Crippen LogP contribution in [0.3, 0.4) is 0 Å². The van der Waals surface area contributed by atoms with E-state index >= 15 is 0 Å². The van der Waals surface area contributed by atoms with E-state index in [9.17, 15) is 9.59 Å². The molecule has 2 heterocycles. The van der Waals surface area contributed by atoms with Crippen molar-refractivity contribution in [3.05, 3.63) is 29.3 Å². The number of benzene rings is 1. The summed E-state index contributed by atoms with van der Waals surface area (Å²) in [6.45, 7) is 6.24. The fraction of sp³-hybridized carbons (Fsp3) is 0.600. The third-order valence-electron chi connectivity index (χ3n) is 5.40. The molecule has 0 N–H and O–H groups in total. The minimum absolute atomic E-state index is 0.0812. The highest BCUT2D eigenvalue weighted by Crippen LogP contribution is 2.26. The molecule has 25 heavy (non-hydrogen) atoms. The van der Waals surface area contributed by atoms with Gasteiger partial charge in [0.2, 0.25) is 11.8 Å². The molecular weight excluding hydrogens is 316 g/mol. The van der Waals surface area contributed by atoms with E-state index in [1.165, 1.54) is 5.56 Å². The van der Waals surface area contributed by atoms with Crippen molar-refractivity contribution in [2.75, 3.05) is 26.7 Å². The molecule has 0 spiro atoms. The van der Waals surface area contributed by atoms with Gasteiger partial charge in [0, 0.05) is 51.9 Å². The summed E-state index contributed by atoms with van der Waals surface area (Å²) in [6, 6.07) is 6.25. The SMILES string of the molecule is Cc1ccc(C)c(OC2CCN(C(=O)C3CCN(C)C(=O)C3)CC2)c1. The second-order valence-electron chi connectivity index (χ2n) is 7.42. The summed E-state index contributed by atoms with van der Waals surface area (Å²) in [5, 5.41) is 0. The van der Waals surface area contributed by atoms with Gasteiger partial charge >= 0.3 is 0 Å². The number of amides is 2. The number of ether oxygens (including phenoxy) is 1. The van der Waals surface area contributed by atoms with Crippen LogP contribution in [0, 0.1) is 19.8 Å². The Hall–Kier alpha value is -2.04. The number of likely N-dealkylation sites (tertiary alicyclic amines) is 2. The Bertz CT molecular complexity index is 650. The number of aryl methyl sites for hydroxylation is 2. The molecule has 1 unspecified atom stereocenters. The van der Waals surface area contributed by atoms with Crippen molar-refractivity contribution in [3.8, 4) is 5.75 Å². The van der Waals surface area contributed by atoms with Gasteiger partial charge in [-0.2, -0.15) is 0 Å². The van der Waals surface area contributed by atoms with Crippen LogP contribution in [0.1, 0.15) is 36.8 Å². The summed E-state index contributed by atoms with van der Waals surface area (Å²) in [7, 11) is 1.80. The van der Waals surface area contributed by atoms with Crippen LogP contribution in [-0.2, 0) is 9.59 Å². The largest absolute Gasteiger partial charge is 0.490 e. The van der Waals surface area contributed by atoms with Crippen molar-refractivity contribution < 1.29 is 14.3 Å². The van der Waals surface area contributed by atoms with Crippen molar-refractivity contribution in [2.24, 2.45) is 5.92 Å².